The molecule has 0 aromatic carbocycles. The van der Waals surface area contributed by atoms with E-state index in [0.717, 1.165) is 6.42 Å². The van der Waals surface area contributed by atoms with E-state index in [9.17, 15) is 9.59 Å². The Morgan fingerprint density at radius 3 is 2.60 bits per heavy atom. The van der Waals surface area contributed by atoms with Crippen LogP contribution in [0.4, 0.5) is 4.79 Å². The number of nitrogens with one attached hydrogen (secondary N) is 2. The number of alkyl carbamates (subject to hydrolysis) is 1. The van der Waals surface area contributed by atoms with Gasteiger partial charge in [0.25, 0.3) is 0 Å². The predicted molar refractivity (Wildman–Crippen MR) is 72.4 cm³/mol. The van der Waals surface area contributed by atoms with Crippen LogP contribution in [0.1, 0.15) is 19.8 Å². The summed E-state index contributed by atoms with van der Waals surface area (Å²) in [6, 6.07) is -1.28. The molecule has 0 aliphatic carbocycles. The maximum Gasteiger partial charge on any atom is 0.407 e. The van der Waals surface area contributed by atoms with E-state index in [1.807, 2.05) is 0 Å². The molecule has 1 saturated heterocycles. The van der Waals surface area contributed by atoms with Gasteiger partial charge in [-0.2, -0.15) is 0 Å². The average molecular weight is 286 g/mol. The van der Waals surface area contributed by atoms with Gasteiger partial charge in [-0.25, -0.2) is 4.79 Å². The Bertz CT molecular complexity index is 388. The van der Waals surface area contributed by atoms with Crippen LogP contribution in [0.3, 0.4) is 0 Å². The third-order valence-electron chi connectivity index (χ3n) is 3.46. The lowest BCUT2D eigenvalue weighted by atomic mass is 10.1. The Kier molecular flexibility index (Phi) is 5.75. The summed E-state index contributed by atoms with van der Waals surface area (Å²) in [6.45, 7) is 2.19. The van der Waals surface area contributed by atoms with Gasteiger partial charge in [0.2, 0.25) is 5.91 Å². The first kappa shape index (κ1) is 16.2. The van der Waals surface area contributed by atoms with Crippen molar-refractivity contribution < 1.29 is 19.1 Å². The van der Waals surface area contributed by atoms with Gasteiger partial charge < -0.3 is 25.4 Å². The van der Waals surface area contributed by atoms with E-state index in [1.165, 1.54) is 19.1 Å². The van der Waals surface area contributed by atoms with Crippen molar-refractivity contribution in [2.45, 2.75) is 38.0 Å². The third kappa shape index (κ3) is 3.60. The molecule has 0 aromatic rings. The number of nitrogens with zero attached hydrogens (tertiary/aromatic N) is 1. The van der Waals surface area contributed by atoms with E-state index in [4.69, 9.17) is 15.9 Å². The van der Waals surface area contributed by atoms with Crippen molar-refractivity contribution >= 4 is 17.8 Å². The molecule has 1 aliphatic heterocycles. The summed E-state index contributed by atoms with van der Waals surface area (Å²) in [6.07, 6.45) is 0.219. The molecular formula is C12H22N4O4. The number of likely N-dealkylation sites (tertiary alicyclic amines) is 1. The highest BCUT2D eigenvalue weighted by atomic mass is 16.5. The Morgan fingerprint density at radius 1 is 1.45 bits per heavy atom. The number of ether oxygens (including phenoxy) is 2. The Balaban J connectivity index is 2.86. The quantitative estimate of drug-likeness (QED) is 0.472. The van der Waals surface area contributed by atoms with Gasteiger partial charge in [0, 0.05) is 13.7 Å². The minimum Gasteiger partial charge on any atom is -0.453 e. The first-order valence-corrected chi connectivity index (χ1v) is 6.44. The standard InChI is InChI=1S/C12H22N4O4/c1-7(19-2)9(15-12(18)20-3)11(17)16-6-4-5-8(16)10(13)14/h7-9H,4-6H2,1-3H3,(H3,13,14)(H,15,18)/t7-,8+,9+/m1/s1. The monoisotopic (exact) mass is 286 g/mol. The average Bonchev–Trinajstić information content (AvgIpc) is 2.92. The van der Waals surface area contributed by atoms with E-state index in [-0.39, 0.29) is 11.7 Å². The molecule has 4 N–H and O–H groups in total. The molecule has 2 amide bonds. The number of methoxy groups -OCH3 is 2. The molecule has 3 atom stereocenters. The molecule has 1 rings (SSSR count). The second kappa shape index (κ2) is 7.09. The van der Waals surface area contributed by atoms with Crippen LogP contribution in [0.5, 0.6) is 0 Å². The van der Waals surface area contributed by atoms with Gasteiger partial charge in [0.05, 0.1) is 19.3 Å². The summed E-state index contributed by atoms with van der Waals surface area (Å²) in [5.74, 6) is -0.361. The molecule has 114 valence electrons. The summed E-state index contributed by atoms with van der Waals surface area (Å²) in [5.41, 5.74) is 5.51. The fraction of sp³-hybridized carbons (Fsp3) is 0.750. The first-order chi connectivity index (χ1) is 9.42. The molecule has 0 bridgehead atoms. The molecule has 0 radical (unpaired) electrons. The molecule has 0 saturated carbocycles. The summed E-state index contributed by atoms with van der Waals surface area (Å²) in [5, 5.41) is 9.99. The maximum absolute atomic E-state index is 12.5. The number of amidine groups is 1. The number of hydrogen-bond acceptors (Lipinski definition) is 5. The predicted octanol–water partition coefficient (Wildman–Crippen LogP) is -0.327. The number of nitrogens with two attached hydrogens (primary N) is 1. The maximum atomic E-state index is 12.5. The van der Waals surface area contributed by atoms with Gasteiger partial charge in [-0.15, -0.1) is 0 Å². The summed E-state index contributed by atoms with van der Waals surface area (Å²) >= 11 is 0. The number of hydrogen-bond donors (Lipinski definition) is 3. The van der Waals surface area contributed by atoms with Gasteiger partial charge >= 0.3 is 6.09 Å². The normalized spacial score (nSPS) is 21.1. The van der Waals surface area contributed by atoms with Crippen molar-refractivity contribution in [3.63, 3.8) is 0 Å². The van der Waals surface area contributed by atoms with Crippen LogP contribution in [0.25, 0.3) is 0 Å². The van der Waals surface area contributed by atoms with Crippen LogP contribution >= 0.6 is 0 Å². The van der Waals surface area contributed by atoms with Crippen LogP contribution in [0, 0.1) is 5.41 Å². The second-order valence-corrected chi connectivity index (χ2v) is 4.70. The number of carbonyl (C=O) groups excluding carboxylic acids is 2. The highest BCUT2D eigenvalue weighted by Gasteiger charge is 2.37. The van der Waals surface area contributed by atoms with Gasteiger partial charge in [0.1, 0.15) is 11.9 Å². The third-order valence-corrected chi connectivity index (χ3v) is 3.46. The summed E-state index contributed by atoms with van der Waals surface area (Å²) in [4.78, 5) is 25.4. The zero-order valence-corrected chi connectivity index (χ0v) is 12.0. The molecule has 20 heavy (non-hydrogen) atoms. The number of rotatable bonds is 5. The first-order valence-electron chi connectivity index (χ1n) is 6.44. The molecule has 8 heteroatoms. The van der Waals surface area contributed by atoms with Gasteiger partial charge in [-0.3, -0.25) is 10.2 Å². The molecule has 1 fully saturated rings. The lowest BCUT2D eigenvalue weighted by Crippen LogP contribution is -2.56. The van der Waals surface area contributed by atoms with Crippen molar-refractivity contribution in [2.75, 3.05) is 20.8 Å². The van der Waals surface area contributed by atoms with Crippen LogP contribution in [-0.4, -0.2) is 61.7 Å². The van der Waals surface area contributed by atoms with Gasteiger partial charge in [-0.05, 0) is 19.8 Å². The topological polar surface area (TPSA) is 118 Å². The van der Waals surface area contributed by atoms with Crippen LogP contribution < -0.4 is 11.1 Å². The summed E-state index contributed by atoms with van der Waals surface area (Å²) < 4.78 is 9.65. The zero-order chi connectivity index (χ0) is 15.3. The van der Waals surface area contributed by atoms with Crippen molar-refractivity contribution in [3.05, 3.63) is 0 Å². The van der Waals surface area contributed by atoms with Crippen LogP contribution in [-0.2, 0) is 14.3 Å². The lowest BCUT2D eigenvalue weighted by molar-refractivity contribution is -0.136. The van der Waals surface area contributed by atoms with E-state index in [1.54, 1.807) is 6.92 Å². The van der Waals surface area contributed by atoms with Crippen molar-refractivity contribution in [2.24, 2.45) is 5.73 Å². The highest BCUT2D eigenvalue weighted by molar-refractivity contribution is 5.92. The number of carbonyl (C=O) groups is 2. The molecular weight excluding hydrogens is 264 g/mol. The van der Waals surface area contributed by atoms with E-state index < -0.39 is 24.3 Å². The van der Waals surface area contributed by atoms with Crippen LogP contribution in [0.15, 0.2) is 0 Å². The van der Waals surface area contributed by atoms with Crippen molar-refractivity contribution in [1.29, 1.82) is 5.41 Å². The fourth-order valence-electron chi connectivity index (χ4n) is 2.23. The highest BCUT2D eigenvalue weighted by Crippen LogP contribution is 2.19. The van der Waals surface area contributed by atoms with E-state index in [2.05, 4.69) is 10.1 Å². The molecule has 1 heterocycles. The van der Waals surface area contributed by atoms with E-state index >= 15 is 0 Å². The Labute approximate surface area is 118 Å². The molecule has 0 unspecified atom stereocenters. The van der Waals surface area contributed by atoms with E-state index in [0.29, 0.717) is 13.0 Å². The molecule has 8 nitrogen and oxygen atoms in total. The second-order valence-electron chi connectivity index (χ2n) is 4.70. The molecule has 0 spiro atoms. The van der Waals surface area contributed by atoms with Crippen LogP contribution in [0.2, 0.25) is 0 Å². The fourth-order valence-corrected chi connectivity index (χ4v) is 2.23. The van der Waals surface area contributed by atoms with Gasteiger partial charge in [0.15, 0.2) is 0 Å². The van der Waals surface area contributed by atoms with Gasteiger partial charge in [-0.1, -0.05) is 0 Å². The molecule has 1 aliphatic rings. The Hall–Kier alpha value is -1.83. The minimum absolute atomic E-state index is 0.0438. The molecule has 0 aromatic heterocycles. The Morgan fingerprint density at radius 2 is 2.10 bits per heavy atom. The van der Waals surface area contributed by atoms with Crippen molar-refractivity contribution in [1.82, 2.24) is 10.2 Å². The zero-order valence-electron chi connectivity index (χ0n) is 12.0. The van der Waals surface area contributed by atoms with Crippen molar-refractivity contribution in [3.8, 4) is 0 Å². The summed E-state index contributed by atoms with van der Waals surface area (Å²) in [7, 11) is 2.68. The minimum atomic E-state index is -0.868. The smallest absolute Gasteiger partial charge is 0.407 e. The number of amides is 2. The lowest BCUT2D eigenvalue weighted by Gasteiger charge is -2.30. The largest absolute Gasteiger partial charge is 0.453 e. The SMILES string of the molecule is COC(=O)N[C@H](C(=O)N1CCC[C@H]1C(=N)N)[C@@H](C)OC.